The van der Waals surface area contributed by atoms with Crippen LogP contribution in [0, 0.1) is 0 Å². The molecule has 0 bridgehead atoms. The van der Waals surface area contributed by atoms with Crippen molar-refractivity contribution in [1.82, 2.24) is 9.38 Å². The first kappa shape index (κ1) is 32.5. The third kappa shape index (κ3) is 4.84. The molecule has 0 unspecified atom stereocenters. The second kappa shape index (κ2) is 12.5. The molecule has 0 amide bonds. The van der Waals surface area contributed by atoms with Crippen LogP contribution in [0.15, 0.2) is 199 Å². The van der Waals surface area contributed by atoms with Crippen LogP contribution in [0.4, 0.5) is 0 Å². The maximum atomic E-state index is 6.37. The van der Waals surface area contributed by atoms with Gasteiger partial charge >= 0.3 is 0 Å². The molecule has 0 fully saturated rings. The molecule has 0 aliphatic rings. The first-order valence-electron chi connectivity index (χ1n) is 20.0. The molecule has 0 N–H and O–H groups in total. The van der Waals surface area contributed by atoms with Crippen molar-refractivity contribution < 1.29 is 4.42 Å². The second-order valence-corrected chi connectivity index (χ2v) is 16.5. The number of fused-ring (bicyclic) bond motifs is 13. The Hall–Kier alpha value is -7.53. The molecule has 3 nitrogen and oxygen atoms in total. The van der Waals surface area contributed by atoms with Gasteiger partial charge in [0.15, 0.2) is 5.65 Å². The topological polar surface area (TPSA) is 30.4 Å². The molecular formula is C55H32N2OS. The Balaban J connectivity index is 0.914. The van der Waals surface area contributed by atoms with E-state index in [0.29, 0.717) is 0 Å². The Bertz CT molecular complexity index is 3830. The summed E-state index contributed by atoms with van der Waals surface area (Å²) in [5.41, 5.74) is 14.4. The van der Waals surface area contributed by atoms with E-state index in [1.807, 2.05) is 23.5 Å². The van der Waals surface area contributed by atoms with Gasteiger partial charge < -0.3 is 4.42 Å². The van der Waals surface area contributed by atoms with Gasteiger partial charge in [-0.2, -0.15) is 0 Å². The highest BCUT2D eigenvalue weighted by Gasteiger charge is 2.20. The van der Waals surface area contributed by atoms with Crippen LogP contribution in [0.3, 0.4) is 0 Å². The van der Waals surface area contributed by atoms with E-state index in [4.69, 9.17) is 9.40 Å². The molecule has 274 valence electrons. The summed E-state index contributed by atoms with van der Waals surface area (Å²) in [7, 11) is 0. The molecule has 4 aromatic heterocycles. The summed E-state index contributed by atoms with van der Waals surface area (Å²) in [6.07, 6.45) is 0. The molecule has 0 radical (unpaired) electrons. The van der Waals surface area contributed by atoms with Gasteiger partial charge in [0.05, 0.1) is 21.4 Å². The third-order valence-corrected chi connectivity index (χ3v) is 13.4. The van der Waals surface area contributed by atoms with Crippen LogP contribution in [0.5, 0.6) is 0 Å². The number of pyridine rings is 1. The summed E-state index contributed by atoms with van der Waals surface area (Å²) in [6, 6.07) is 70.2. The summed E-state index contributed by atoms with van der Waals surface area (Å²) >= 11 is 1.83. The fourth-order valence-corrected chi connectivity index (χ4v) is 10.6. The van der Waals surface area contributed by atoms with Crippen LogP contribution in [0.2, 0.25) is 0 Å². The van der Waals surface area contributed by atoms with Gasteiger partial charge in [-0.15, -0.1) is 11.3 Å². The van der Waals surface area contributed by atoms with Gasteiger partial charge in [-0.25, -0.2) is 4.98 Å². The lowest BCUT2D eigenvalue weighted by Crippen LogP contribution is -1.93. The van der Waals surface area contributed by atoms with Gasteiger partial charge in [-0.1, -0.05) is 170 Å². The van der Waals surface area contributed by atoms with Crippen LogP contribution in [-0.2, 0) is 0 Å². The minimum Gasteiger partial charge on any atom is -0.455 e. The van der Waals surface area contributed by atoms with Gasteiger partial charge in [-0.3, -0.25) is 4.40 Å². The van der Waals surface area contributed by atoms with Gasteiger partial charge in [0, 0.05) is 37.2 Å². The van der Waals surface area contributed by atoms with E-state index in [0.717, 1.165) is 61.0 Å². The molecule has 13 rings (SSSR count). The molecular weight excluding hydrogens is 737 g/mol. The summed E-state index contributed by atoms with van der Waals surface area (Å²) in [5.74, 6) is 0. The molecule has 0 atom stereocenters. The molecule has 4 heterocycles. The monoisotopic (exact) mass is 768 g/mol. The van der Waals surface area contributed by atoms with Crippen molar-refractivity contribution in [2.45, 2.75) is 0 Å². The Morgan fingerprint density at radius 2 is 1.02 bits per heavy atom. The molecule has 4 heteroatoms. The van der Waals surface area contributed by atoms with Crippen LogP contribution >= 0.6 is 11.3 Å². The van der Waals surface area contributed by atoms with Crippen LogP contribution in [0.25, 0.3) is 125 Å². The van der Waals surface area contributed by atoms with Gasteiger partial charge in [0.2, 0.25) is 0 Å². The van der Waals surface area contributed by atoms with Crippen LogP contribution in [-0.4, -0.2) is 9.38 Å². The number of imidazole rings is 1. The molecule has 0 aliphatic heterocycles. The predicted octanol–water partition coefficient (Wildman–Crippen LogP) is 15.7. The van der Waals surface area contributed by atoms with Crippen molar-refractivity contribution in [2.24, 2.45) is 0 Å². The lowest BCUT2D eigenvalue weighted by Gasteiger charge is -2.14. The number of nitrogens with zero attached hydrogens (tertiary/aromatic N) is 2. The zero-order valence-corrected chi connectivity index (χ0v) is 32.5. The van der Waals surface area contributed by atoms with Crippen molar-refractivity contribution >= 4 is 91.7 Å². The molecule has 0 saturated carbocycles. The van der Waals surface area contributed by atoms with E-state index >= 15 is 0 Å². The minimum absolute atomic E-state index is 0.916. The van der Waals surface area contributed by atoms with E-state index in [1.54, 1.807) is 0 Å². The maximum Gasteiger partial charge on any atom is 0.156 e. The fourth-order valence-electron chi connectivity index (χ4n) is 9.42. The number of aromatic nitrogens is 2. The molecule has 9 aromatic carbocycles. The normalized spacial score (nSPS) is 12.1. The lowest BCUT2D eigenvalue weighted by molar-refractivity contribution is 0.670. The largest absolute Gasteiger partial charge is 0.455 e. The number of para-hydroxylation sites is 2. The van der Waals surface area contributed by atoms with Crippen molar-refractivity contribution in [3.05, 3.63) is 194 Å². The van der Waals surface area contributed by atoms with E-state index in [-0.39, 0.29) is 0 Å². The average Bonchev–Trinajstić information content (AvgIpc) is 4.01. The number of rotatable bonds is 4. The zero-order chi connectivity index (χ0) is 38.6. The SMILES string of the molecule is c1ccc2c(c1)ccc1c2nc2c3sc4ccccc4c3cc(-c3ccc(-c4ccc(-c5ccc(-c6cccc7c6oc6ccccc67)cc5)c5ccccc45)cc3)n12. The van der Waals surface area contributed by atoms with Crippen molar-refractivity contribution in [3.63, 3.8) is 0 Å². The molecule has 13 aromatic rings. The number of furan rings is 1. The smallest absolute Gasteiger partial charge is 0.156 e. The quantitative estimate of drug-likeness (QED) is 0.178. The Kier molecular flexibility index (Phi) is 6.89. The summed E-state index contributed by atoms with van der Waals surface area (Å²) in [6.45, 7) is 0. The minimum atomic E-state index is 0.916. The first-order valence-corrected chi connectivity index (χ1v) is 20.8. The first-order chi connectivity index (χ1) is 29.2. The number of hydrogen-bond acceptors (Lipinski definition) is 3. The van der Waals surface area contributed by atoms with E-state index in [1.165, 1.54) is 64.0 Å². The molecule has 0 saturated heterocycles. The van der Waals surface area contributed by atoms with Gasteiger partial charge in [0.25, 0.3) is 0 Å². The van der Waals surface area contributed by atoms with Crippen LogP contribution in [0.1, 0.15) is 0 Å². The second-order valence-electron chi connectivity index (χ2n) is 15.4. The Morgan fingerprint density at radius 3 is 1.76 bits per heavy atom. The van der Waals surface area contributed by atoms with E-state index in [2.05, 4.69) is 186 Å². The summed E-state index contributed by atoms with van der Waals surface area (Å²) < 4.78 is 11.2. The highest BCUT2D eigenvalue weighted by Crippen LogP contribution is 2.43. The predicted molar refractivity (Wildman–Crippen MR) is 250 cm³/mol. The zero-order valence-electron chi connectivity index (χ0n) is 31.7. The lowest BCUT2D eigenvalue weighted by atomic mass is 9.91. The van der Waals surface area contributed by atoms with E-state index < -0.39 is 0 Å². The number of thiophene rings is 1. The van der Waals surface area contributed by atoms with Crippen LogP contribution < -0.4 is 0 Å². The highest BCUT2D eigenvalue weighted by molar-refractivity contribution is 7.26. The molecule has 0 spiro atoms. The van der Waals surface area contributed by atoms with Crippen molar-refractivity contribution in [2.75, 3.05) is 0 Å². The third-order valence-electron chi connectivity index (χ3n) is 12.2. The molecule has 0 aliphatic carbocycles. The average molecular weight is 769 g/mol. The fraction of sp³-hybridized carbons (Fsp3) is 0. The Morgan fingerprint density at radius 1 is 0.424 bits per heavy atom. The number of hydrogen-bond donors (Lipinski definition) is 0. The summed E-state index contributed by atoms with van der Waals surface area (Å²) in [5, 5.41) is 9.65. The summed E-state index contributed by atoms with van der Waals surface area (Å²) in [4.78, 5) is 5.39. The van der Waals surface area contributed by atoms with Crippen molar-refractivity contribution in [3.8, 4) is 44.6 Å². The van der Waals surface area contributed by atoms with Crippen molar-refractivity contribution in [1.29, 1.82) is 0 Å². The standard InChI is InChI=1S/C55H32N2OS/c1-2-11-40-33(10-1)28-31-48-52(40)56-55-54-47(45-15-6-8-19-51(45)59-54)32-49(57(48)55)37-26-24-35(25-27-37)39-30-29-38(42-12-3-4-13-43(39)42)34-20-22-36(23-21-34)41-16-9-17-46-44-14-5-7-18-50(44)58-53(41)46/h1-32H. The van der Waals surface area contributed by atoms with E-state index in [9.17, 15) is 0 Å². The van der Waals surface area contributed by atoms with Gasteiger partial charge in [0.1, 0.15) is 11.2 Å². The molecule has 59 heavy (non-hydrogen) atoms. The highest BCUT2D eigenvalue weighted by atomic mass is 32.1. The van der Waals surface area contributed by atoms with Gasteiger partial charge in [-0.05, 0) is 73.8 Å². The maximum absolute atomic E-state index is 6.37. The Labute approximate surface area is 342 Å². The number of benzene rings is 9.